The third kappa shape index (κ3) is 2.76. The van der Waals surface area contributed by atoms with Gasteiger partial charge < -0.3 is 4.74 Å². The van der Waals surface area contributed by atoms with Crippen molar-refractivity contribution in [1.29, 1.82) is 0 Å². The van der Waals surface area contributed by atoms with Gasteiger partial charge in [-0.1, -0.05) is 37.5 Å². The van der Waals surface area contributed by atoms with Crippen molar-refractivity contribution in [3.8, 4) is 5.75 Å². The molecule has 1 aromatic carbocycles. The van der Waals surface area contributed by atoms with Crippen molar-refractivity contribution in [1.82, 2.24) is 0 Å². The number of rotatable bonds is 3. The lowest BCUT2D eigenvalue weighted by Crippen LogP contribution is -2.15. The fourth-order valence-corrected chi connectivity index (χ4v) is 2.03. The molecule has 0 unspecified atom stereocenters. The van der Waals surface area contributed by atoms with Crippen molar-refractivity contribution in [3.63, 3.8) is 0 Å². The molecule has 0 N–H and O–H groups in total. The third-order valence-corrected chi connectivity index (χ3v) is 2.88. The van der Waals surface area contributed by atoms with Gasteiger partial charge >= 0.3 is 0 Å². The lowest BCUT2D eigenvalue weighted by Gasteiger charge is -2.21. The Labute approximate surface area is 86.1 Å². The highest BCUT2D eigenvalue weighted by Gasteiger charge is 2.13. The van der Waals surface area contributed by atoms with Crippen molar-refractivity contribution in [2.75, 3.05) is 6.61 Å². The van der Waals surface area contributed by atoms with E-state index in [0.717, 1.165) is 18.3 Å². The highest BCUT2D eigenvalue weighted by Crippen LogP contribution is 2.24. The summed E-state index contributed by atoms with van der Waals surface area (Å²) in [4.78, 5) is 0. The van der Waals surface area contributed by atoms with Crippen LogP contribution in [-0.4, -0.2) is 6.61 Å². The van der Waals surface area contributed by atoms with E-state index >= 15 is 0 Å². The van der Waals surface area contributed by atoms with E-state index in [9.17, 15) is 0 Å². The molecule has 0 spiro atoms. The molecule has 1 radical (unpaired) electrons. The van der Waals surface area contributed by atoms with Gasteiger partial charge in [0.1, 0.15) is 5.75 Å². The molecular weight excluding hydrogens is 172 g/mol. The molecule has 0 amide bonds. The predicted octanol–water partition coefficient (Wildman–Crippen LogP) is 3.45. The normalized spacial score (nSPS) is 18.0. The van der Waals surface area contributed by atoms with Gasteiger partial charge in [0.2, 0.25) is 0 Å². The zero-order chi connectivity index (χ0) is 9.64. The second kappa shape index (κ2) is 5.04. The fourth-order valence-electron chi connectivity index (χ4n) is 2.03. The van der Waals surface area contributed by atoms with E-state index in [1.807, 2.05) is 24.3 Å². The van der Waals surface area contributed by atoms with E-state index in [0.29, 0.717) is 0 Å². The molecule has 1 aliphatic rings. The summed E-state index contributed by atoms with van der Waals surface area (Å²) in [6.45, 7) is 0.876. The first-order valence-corrected chi connectivity index (χ1v) is 5.54. The topological polar surface area (TPSA) is 9.23 Å². The van der Waals surface area contributed by atoms with Crippen LogP contribution in [-0.2, 0) is 0 Å². The van der Waals surface area contributed by atoms with Crippen LogP contribution in [0.5, 0.6) is 5.75 Å². The van der Waals surface area contributed by atoms with Gasteiger partial charge in [-0.2, -0.15) is 0 Å². The molecule has 1 saturated carbocycles. The summed E-state index contributed by atoms with van der Waals surface area (Å²) in [6, 6.07) is 10.9. The number of benzene rings is 1. The van der Waals surface area contributed by atoms with Crippen LogP contribution in [0, 0.1) is 12.0 Å². The summed E-state index contributed by atoms with van der Waals surface area (Å²) >= 11 is 0. The highest BCUT2D eigenvalue weighted by molar-refractivity contribution is 5.19. The van der Waals surface area contributed by atoms with Crippen LogP contribution in [0.4, 0.5) is 0 Å². The molecule has 1 aromatic rings. The summed E-state index contributed by atoms with van der Waals surface area (Å²) in [7, 11) is 0. The van der Waals surface area contributed by atoms with E-state index in [1.165, 1.54) is 32.1 Å². The maximum atomic E-state index is 5.69. The largest absolute Gasteiger partial charge is 0.493 e. The van der Waals surface area contributed by atoms with Crippen molar-refractivity contribution in [3.05, 3.63) is 30.3 Å². The van der Waals surface area contributed by atoms with E-state index in [-0.39, 0.29) is 0 Å². The Morgan fingerprint density at radius 3 is 2.79 bits per heavy atom. The second-order valence-electron chi connectivity index (χ2n) is 4.04. The Hall–Kier alpha value is -0.980. The molecule has 0 bridgehead atoms. The minimum atomic E-state index is 0.775. The fraction of sp³-hybridized carbons (Fsp3) is 0.538. The van der Waals surface area contributed by atoms with Crippen molar-refractivity contribution in [2.45, 2.75) is 32.1 Å². The van der Waals surface area contributed by atoms with E-state index < -0.39 is 0 Å². The molecule has 0 aliphatic heterocycles. The number of hydrogen-bond acceptors (Lipinski definition) is 1. The van der Waals surface area contributed by atoms with Gasteiger partial charge in [0.15, 0.2) is 0 Å². The van der Waals surface area contributed by atoms with Crippen LogP contribution in [0.3, 0.4) is 0 Å². The predicted molar refractivity (Wildman–Crippen MR) is 57.3 cm³/mol. The molecule has 1 fully saturated rings. The monoisotopic (exact) mass is 189 g/mol. The van der Waals surface area contributed by atoms with Gasteiger partial charge in [0, 0.05) is 6.07 Å². The van der Waals surface area contributed by atoms with Crippen LogP contribution in [0.25, 0.3) is 0 Å². The minimum Gasteiger partial charge on any atom is -0.493 e. The smallest absolute Gasteiger partial charge is 0.127 e. The highest BCUT2D eigenvalue weighted by atomic mass is 16.5. The average Bonchev–Trinajstić information content (AvgIpc) is 2.29. The summed E-state index contributed by atoms with van der Waals surface area (Å²) in [6.07, 6.45) is 6.85. The molecule has 14 heavy (non-hydrogen) atoms. The maximum Gasteiger partial charge on any atom is 0.127 e. The molecule has 1 nitrogen and oxygen atoms in total. The van der Waals surface area contributed by atoms with Gasteiger partial charge in [-0.15, -0.1) is 0 Å². The molecule has 0 saturated heterocycles. The third-order valence-electron chi connectivity index (χ3n) is 2.88. The van der Waals surface area contributed by atoms with Gasteiger partial charge in [-0.05, 0) is 24.8 Å². The van der Waals surface area contributed by atoms with Crippen molar-refractivity contribution < 1.29 is 4.74 Å². The summed E-state index contributed by atoms with van der Waals surface area (Å²) < 4.78 is 5.69. The Morgan fingerprint density at radius 2 is 2.07 bits per heavy atom. The Morgan fingerprint density at radius 1 is 1.21 bits per heavy atom. The lowest BCUT2D eigenvalue weighted by molar-refractivity contribution is 0.208. The van der Waals surface area contributed by atoms with Crippen LogP contribution in [0.2, 0.25) is 0 Å². The van der Waals surface area contributed by atoms with Crippen LogP contribution >= 0.6 is 0 Å². The molecule has 0 aromatic heterocycles. The van der Waals surface area contributed by atoms with Crippen molar-refractivity contribution in [2.24, 2.45) is 5.92 Å². The summed E-state index contributed by atoms with van der Waals surface area (Å²) in [5.74, 6) is 1.66. The number of para-hydroxylation sites is 1. The zero-order valence-electron chi connectivity index (χ0n) is 8.54. The van der Waals surface area contributed by atoms with Crippen LogP contribution in [0.1, 0.15) is 32.1 Å². The van der Waals surface area contributed by atoms with E-state index in [1.54, 1.807) is 0 Å². The first-order chi connectivity index (χ1) is 6.95. The number of hydrogen-bond donors (Lipinski definition) is 0. The van der Waals surface area contributed by atoms with Crippen LogP contribution < -0.4 is 4.74 Å². The molecule has 0 heterocycles. The standard InChI is InChI=1S/C13H17O/c1-3-7-12(8-4-1)11-14-13-9-5-2-6-10-13/h2,5-6,9,12H,1,3-4,7-8,11H2. The molecule has 1 aliphatic carbocycles. The van der Waals surface area contributed by atoms with Gasteiger partial charge in [0.05, 0.1) is 6.61 Å². The zero-order valence-corrected chi connectivity index (χ0v) is 8.54. The van der Waals surface area contributed by atoms with Gasteiger partial charge in [-0.25, -0.2) is 0 Å². The molecular formula is C13H17O. The maximum absolute atomic E-state index is 5.69. The minimum absolute atomic E-state index is 0.775. The quantitative estimate of drug-likeness (QED) is 0.707. The van der Waals surface area contributed by atoms with Crippen LogP contribution in [0.15, 0.2) is 24.3 Å². The van der Waals surface area contributed by atoms with E-state index in [2.05, 4.69) is 6.07 Å². The first kappa shape index (κ1) is 9.57. The second-order valence-corrected chi connectivity index (χ2v) is 4.04. The average molecular weight is 189 g/mol. The lowest BCUT2D eigenvalue weighted by atomic mass is 9.90. The molecule has 0 atom stereocenters. The SMILES string of the molecule is [c]1ccccc1OCC1CCCCC1. The molecule has 2 rings (SSSR count). The van der Waals surface area contributed by atoms with Gasteiger partial charge in [0.25, 0.3) is 0 Å². The summed E-state index contributed by atoms with van der Waals surface area (Å²) in [5.41, 5.74) is 0. The molecule has 75 valence electrons. The Kier molecular flexibility index (Phi) is 3.44. The first-order valence-electron chi connectivity index (χ1n) is 5.54. The van der Waals surface area contributed by atoms with Gasteiger partial charge in [-0.3, -0.25) is 0 Å². The summed E-state index contributed by atoms with van der Waals surface area (Å²) in [5, 5.41) is 0. The van der Waals surface area contributed by atoms with Crippen molar-refractivity contribution >= 4 is 0 Å². The van der Waals surface area contributed by atoms with E-state index in [4.69, 9.17) is 4.74 Å². The Balaban J connectivity index is 1.76. The number of ether oxygens (including phenoxy) is 1. The molecule has 1 heteroatoms. The Bertz CT molecular complexity index is 249.